The number of rotatable bonds is 4. The van der Waals surface area contributed by atoms with Gasteiger partial charge in [-0.15, -0.1) is 10.2 Å². The minimum absolute atomic E-state index is 0.384. The molecular weight excluding hydrogens is 388 g/mol. The molecule has 1 aromatic carbocycles. The molecule has 1 aliphatic rings. The van der Waals surface area contributed by atoms with E-state index in [0.29, 0.717) is 36.9 Å². The van der Waals surface area contributed by atoms with Crippen LogP contribution < -0.4 is 4.90 Å². The molecule has 0 atom stereocenters. The molecule has 0 bridgehead atoms. The molecule has 0 saturated carbocycles. The maximum absolute atomic E-state index is 13.0. The van der Waals surface area contributed by atoms with Crippen LogP contribution in [0.3, 0.4) is 0 Å². The van der Waals surface area contributed by atoms with Crippen molar-refractivity contribution in [3.8, 4) is 5.82 Å². The summed E-state index contributed by atoms with van der Waals surface area (Å²) in [6.07, 6.45) is 1.84. The molecule has 1 fully saturated rings. The third-order valence-corrected chi connectivity index (χ3v) is 7.16. The van der Waals surface area contributed by atoms with E-state index in [1.54, 1.807) is 15.1 Å². The molecule has 3 heterocycles. The first-order valence-electron chi connectivity index (χ1n) is 9.53. The highest BCUT2D eigenvalue weighted by Crippen LogP contribution is 2.23. The molecule has 0 N–H and O–H groups in total. The Hall–Kier alpha value is -2.78. The smallest absolute Gasteiger partial charge is 0.243 e. The van der Waals surface area contributed by atoms with E-state index in [1.165, 1.54) is 0 Å². The lowest BCUT2D eigenvalue weighted by molar-refractivity contribution is 0.383. The van der Waals surface area contributed by atoms with E-state index in [2.05, 4.69) is 20.2 Å². The predicted octanol–water partition coefficient (Wildman–Crippen LogP) is 2.10. The van der Waals surface area contributed by atoms with Gasteiger partial charge in [0.25, 0.3) is 0 Å². The summed E-state index contributed by atoms with van der Waals surface area (Å²) in [6.45, 7) is 7.69. The molecule has 2 aromatic heterocycles. The summed E-state index contributed by atoms with van der Waals surface area (Å²) >= 11 is 0. The van der Waals surface area contributed by atoms with Gasteiger partial charge in [-0.1, -0.05) is 17.7 Å². The van der Waals surface area contributed by atoms with Gasteiger partial charge in [0.2, 0.25) is 10.0 Å². The fraction of sp³-hybridized carbons (Fsp3) is 0.350. The number of sulfonamides is 1. The van der Waals surface area contributed by atoms with E-state index in [4.69, 9.17) is 0 Å². The molecule has 4 rings (SSSR count). The van der Waals surface area contributed by atoms with Crippen LogP contribution in [-0.4, -0.2) is 58.9 Å². The van der Waals surface area contributed by atoms with Crippen LogP contribution in [0.4, 0.5) is 5.82 Å². The van der Waals surface area contributed by atoms with Gasteiger partial charge in [0.05, 0.1) is 10.6 Å². The molecule has 152 valence electrons. The number of aryl methyl sites for hydroxylation is 3. The highest BCUT2D eigenvalue weighted by Gasteiger charge is 2.30. The van der Waals surface area contributed by atoms with Crippen LogP contribution in [0.1, 0.15) is 16.8 Å². The van der Waals surface area contributed by atoms with Gasteiger partial charge in [-0.05, 0) is 50.6 Å². The molecule has 0 spiro atoms. The van der Waals surface area contributed by atoms with Crippen LogP contribution in [0, 0.1) is 20.8 Å². The third kappa shape index (κ3) is 3.88. The molecule has 1 saturated heterocycles. The molecule has 1 aliphatic heterocycles. The van der Waals surface area contributed by atoms with E-state index < -0.39 is 10.0 Å². The van der Waals surface area contributed by atoms with Crippen LogP contribution in [-0.2, 0) is 10.0 Å². The molecule has 0 aliphatic carbocycles. The zero-order valence-corrected chi connectivity index (χ0v) is 17.6. The molecule has 29 heavy (non-hydrogen) atoms. The van der Waals surface area contributed by atoms with E-state index in [0.717, 1.165) is 22.6 Å². The SMILES string of the molecule is Cc1ccc(S(=O)(=O)N2CCN(c3ccc(-n4ccc(C)n4)nn3)CC2)c(C)c1. The summed E-state index contributed by atoms with van der Waals surface area (Å²) in [7, 11) is -3.50. The van der Waals surface area contributed by atoms with Crippen molar-refractivity contribution < 1.29 is 8.42 Å². The number of hydrogen-bond donors (Lipinski definition) is 0. The van der Waals surface area contributed by atoms with Crippen LogP contribution in [0.2, 0.25) is 0 Å². The fourth-order valence-electron chi connectivity index (χ4n) is 3.54. The Kier molecular flexibility index (Phi) is 5.10. The van der Waals surface area contributed by atoms with Crippen molar-refractivity contribution in [1.29, 1.82) is 0 Å². The van der Waals surface area contributed by atoms with E-state index in [9.17, 15) is 8.42 Å². The molecular formula is C20H24N6O2S. The first-order valence-corrected chi connectivity index (χ1v) is 11.0. The van der Waals surface area contributed by atoms with Crippen molar-refractivity contribution >= 4 is 15.8 Å². The van der Waals surface area contributed by atoms with Crippen molar-refractivity contribution in [1.82, 2.24) is 24.3 Å². The second-order valence-corrected chi connectivity index (χ2v) is 9.22. The molecule has 9 heteroatoms. The lowest BCUT2D eigenvalue weighted by atomic mass is 10.2. The second kappa shape index (κ2) is 7.57. The third-order valence-electron chi connectivity index (χ3n) is 5.10. The van der Waals surface area contributed by atoms with Crippen LogP contribution >= 0.6 is 0 Å². The Morgan fingerprint density at radius 3 is 2.14 bits per heavy atom. The van der Waals surface area contributed by atoms with Crippen molar-refractivity contribution in [3.05, 3.63) is 59.4 Å². The lowest BCUT2D eigenvalue weighted by Crippen LogP contribution is -2.49. The zero-order chi connectivity index (χ0) is 20.6. The van der Waals surface area contributed by atoms with Gasteiger partial charge >= 0.3 is 0 Å². The van der Waals surface area contributed by atoms with Crippen molar-refractivity contribution in [3.63, 3.8) is 0 Å². The standard InChI is InChI=1S/C20H24N6O2S/c1-15-4-5-18(16(2)14-15)29(27,28)25-12-10-24(11-13-25)19-6-7-20(22-21-19)26-9-8-17(3)23-26/h4-9,14H,10-13H2,1-3H3. The van der Waals surface area contributed by atoms with E-state index in [-0.39, 0.29) is 0 Å². The highest BCUT2D eigenvalue weighted by molar-refractivity contribution is 7.89. The predicted molar refractivity (Wildman–Crippen MR) is 111 cm³/mol. The first kappa shape index (κ1) is 19.5. The van der Waals surface area contributed by atoms with Crippen molar-refractivity contribution in [2.45, 2.75) is 25.7 Å². The topological polar surface area (TPSA) is 84.2 Å². The van der Waals surface area contributed by atoms with E-state index >= 15 is 0 Å². The summed E-state index contributed by atoms with van der Waals surface area (Å²) in [5.74, 6) is 1.39. The summed E-state index contributed by atoms with van der Waals surface area (Å²) in [5, 5.41) is 12.9. The van der Waals surface area contributed by atoms with Gasteiger partial charge in [0, 0.05) is 32.4 Å². The Bertz CT molecular complexity index is 1120. The molecule has 0 unspecified atom stereocenters. The number of nitrogens with zero attached hydrogens (tertiary/aromatic N) is 6. The second-order valence-electron chi connectivity index (χ2n) is 7.31. The normalized spacial score (nSPS) is 15.6. The Labute approximate surface area is 170 Å². The Morgan fingerprint density at radius 2 is 1.55 bits per heavy atom. The maximum atomic E-state index is 13.0. The minimum atomic E-state index is -3.50. The monoisotopic (exact) mass is 412 g/mol. The Morgan fingerprint density at radius 1 is 0.862 bits per heavy atom. The summed E-state index contributed by atoms with van der Waals surface area (Å²) in [4.78, 5) is 2.44. The zero-order valence-electron chi connectivity index (χ0n) is 16.8. The van der Waals surface area contributed by atoms with Crippen molar-refractivity contribution in [2.24, 2.45) is 0 Å². The molecule has 8 nitrogen and oxygen atoms in total. The number of anilines is 1. The van der Waals surface area contributed by atoms with Crippen LogP contribution in [0.15, 0.2) is 47.5 Å². The van der Waals surface area contributed by atoms with Gasteiger partial charge in [0.15, 0.2) is 11.6 Å². The summed E-state index contributed by atoms with van der Waals surface area (Å²) in [5.41, 5.74) is 2.75. The first-order chi connectivity index (χ1) is 13.8. The average molecular weight is 413 g/mol. The largest absolute Gasteiger partial charge is 0.352 e. The van der Waals surface area contributed by atoms with Gasteiger partial charge in [-0.2, -0.15) is 9.40 Å². The maximum Gasteiger partial charge on any atom is 0.243 e. The number of hydrogen-bond acceptors (Lipinski definition) is 6. The van der Waals surface area contributed by atoms with Gasteiger partial charge in [0.1, 0.15) is 0 Å². The average Bonchev–Trinajstić information content (AvgIpc) is 3.14. The molecule has 0 amide bonds. The number of aromatic nitrogens is 4. The van der Waals surface area contributed by atoms with Gasteiger partial charge in [-0.3, -0.25) is 0 Å². The molecule has 0 radical (unpaired) electrons. The van der Waals surface area contributed by atoms with E-state index in [1.807, 2.05) is 57.3 Å². The summed E-state index contributed by atoms with van der Waals surface area (Å²) < 4.78 is 29.3. The molecule has 3 aromatic rings. The van der Waals surface area contributed by atoms with Crippen LogP contribution in [0.5, 0.6) is 0 Å². The fourth-order valence-corrected chi connectivity index (χ4v) is 5.17. The highest BCUT2D eigenvalue weighted by atomic mass is 32.2. The Balaban J connectivity index is 1.45. The number of piperazine rings is 1. The quantitative estimate of drug-likeness (QED) is 0.653. The van der Waals surface area contributed by atoms with Crippen molar-refractivity contribution in [2.75, 3.05) is 31.1 Å². The number of benzene rings is 1. The lowest BCUT2D eigenvalue weighted by Gasteiger charge is -2.34. The van der Waals surface area contributed by atoms with Gasteiger partial charge < -0.3 is 4.90 Å². The summed E-state index contributed by atoms with van der Waals surface area (Å²) in [6, 6.07) is 11.1. The van der Waals surface area contributed by atoms with Crippen LogP contribution in [0.25, 0.3) is 5.82 Å². The van der Waals surface area contributed by atoms with Gasteiger partial charge in [-0.25, -0.2) is 13.1 Å². The minimum Gasteiger partial charge on any atom is -0.352 e.